The predicted molar refractivity (Wildman–Crippen MR) is 76.2 cm³/mol. The van der Waals surface area contributed by atoms with E-state index in [4.69, 9.17) is 4.74 Å². The second-order valence-corrected chi connectivity index (χ2v) is 5.17. The first-order valence-corrected chi connectivity index (χ1v) is 7.31. The van der Waals surface area contributed by atoms with Crippen molar-refractivity contribution in [3.63, 3.8) is 0 Å². The number of ether oxygens (including phenoxy) is 1. The third-order valence-corrected chi connectivity index (χ3v) is 3.71. The van der Waals surface area contributed by atoms with Crippen LogP contribution < -0.4 is 10.1 Å². The van der Waals surface area contributed by atoms with Gasteiger partial charge in [-0.25, -0.2) is 0 Å². The second-order valence-electron chi connectivity index (χ2n) is 5.17. The molecule has 1 aromatic rings. The monoisotopic (exact) mass is 247 g/mol. The van der Waals surface area contributed by atoms with Gasteiger partial charge >= 0.3 is 0 Å². The summed E-state index contributed by atoms with van der Waals surface area (Å²) in [4.78, 5) is 0. The molecule has 0 aliphatic heterocycles. The zero-order chi connectivity index (χ0) is 12.8. The maximum absolute atomic E-state index is 6.17. The molecule has 0 bridgehead atoms. The Labute approximate surface area is 111 Å². The van der Waals surface area contributed by atoms with E-state index in [2.05, 4.69) is 43.4 Å². The number of benzene rings is 1. The van der Waals surface area contributed by atoms with Gasteiger partial charge in [-0.15, -0.1) is 0 Å². The Hall–Kier alpha value is -1.02. The minimum absolute atomic E-state index is 0.395. The van der Waals surface area contributed by atoms with E-state index in [0.29, 0.717) is 12.1 Å². The Morgan fingerprint density at radius 3 is 2.83 bits per heavy atom. The molecule has 1 aliphatic carbocycles. The molecule has 0 radical (unpaired) electrons. The highest BCUT2D eigenvalue weighted by Crippen LogP contribution is 2.27. The maximum atomic E-state index is 6.17. The van der Waals surface area contributed by atoms with Gasteiger partial charge in [0, 0.05) is 6.04 Å². The SMILES string of the molecule is CCCNC1CCC(Oc2ccccc2CC)C1. The van der Waals surface area contributed by atoms with Gasteiger partial charge < -0.3 is 10.1 Å². The molecular formula is C16H25NO. The Bertz CT molecular complexity index is 364. The van der Waals surface area contributed by atoms with Crippen LogP contribution in [0.3, 0.4) is 0 Å². The summed E-state index contributed by atoms with van der Waals surface area (Å²) in [6.07, 6.45) is 6.23. The van der Waals surface area contributed by atoms with Crippen LogP contribution in [-0.4, -0.2) is 18.7 Å². The van der Waals surface area contributed by atoms with Crippen molar-refractivity contribution in [3.8, 4) is 5.75 Å². The molecule has 2 heteroatoms. The van der Waals surface area contributed by atoms with E-state index in [1.165, 1.54) is 24.8 Å². The molecule has 1 fully saturated rings. The molecule has 1 N–H and O–H groups in total. The normalized spacial score (nSPS) is 23.2. The van der Waals surface area contributed by atoms with E-state index in [1.54, 1.807) is 0 Å². The average Bonchev–Trinajstić information content (AvgIpc) is 2.84. The molecule has 0 saturated heterocycles. The number of rotatable bonds is 6. The first-order valence-electron chi connectivity index (χ1n) is 7.31. The Balaban J connectivity index is 1.87. The summed E-state index contributed by atoms with van der Waals surface area (Å²) in [5, 5.41) is 3.60. The van der Waals surface area contributed by atoms with Crippen LogP contribution >= 0.6 is 0 Å². The van der Waals surface area contributed by atoms with E-state index in [9.17, 15) is 0 Å². The minimum atomic E-state index is 0.395. The molecule has 1 aliphatic rings. The van der Waals surface area contributed by atoms with Crippen LogP contribution in [0.4, 0.5) is 0 Å². The van der Waals surface area contributed by atoms with Gasteiger partial charge in [0.05, 0.1) is 0 Å². The highest BCUT2D eigenvalue weighted by molar-refractivity contribution is 5.33. The van der Waals surface area contributed by atoms with Crippen LogP contribution in [-0.2, 0) is 6.42 Å². The van der Waals surface area contributed by atoms with Crippen LogP contribution in [0.2, 0.25) is 0 Å². The summed E-state index contributed by atoms with van der Waals surface area (Å²) in [5.41, 5.74) is 1.32. The van der Waals surface area contributed by atoms with Gasteiger partial charge in [-0.05, 0) is 50.3 Å². The van der Waals surface area contributed by atoms with Crippen molar-refractivity contribution in [2.24, 2.45) is 0 Å². The molecule has 1 saturated carbocycles. The first kappa shape index (κ1) is 13.4. The van der Waals surface area contributed by atoms with Crippen molar-refractivity contribution in [1.82, 2.24) is 5.32 Å². The highest BCUT2D eigenvalue weighted by atomic mass is 16.5. The van der Waals surface area contributed by atoms with Crippen molar-refractivity contribution in [1.29, 1.82) is 0 Å². The van der Waals surface area contributed by atoms with E-state index >= 15 is 0 Å². The molecule has 0 amide bonds. The standard InChI is InChI=1S/C16H25NO/c1-3-11-17-14-9-10-15(12-14)18-16-8-6-5-7-13(16)4-2/h5-8,14-15,17H,3-4,9-12H2,1-2H3. The van der Waals surface area contributed by atoms with Crippen molar-refractivity contribution in [2.75, 3.05) is 6.54 Å². The fourth-order valence-electron chi connectivity index (χ4n) is 2.67. The number of hydrogen-bond donors (Lipinski definition) is 1. The molecule has 18 heavy (non-hydrogen) atoms. The van der Waals surface area contributed by atoms with E-state index < -0.39 is 0 Å². The Kier molecular flexibility index (Phi) is 5.06. The zero-order valence-electron chi connectivity index (χ0n) is 11.6. The largest absolute Gasteiger partial charge is 0.490 e. The van der Waals surface area contributed by atoms with Crippen molar-refractivity contribution in [2.45, 2.75) is 58.1 Å². The summed E-state index contributed by atoms with van der Waals surface area (Å²) in [6.45, 7) is 5.53. The van der Waals surface area contributed by atoms with Crippen LogP contribution in [0.5, 0.6) is 5.75 Å². The third kappa shape index (κ3) is 3.49. The van der Waals surface area contributed by atoms with E-state index in [1.807, 2.05) is 0 Å². The topological polar surface area (TPSA) is 21.3 Å². The first-order chi connectivity index (χ1) is 8.83. The lowest BCUT2D eigenvalue weighted by molar-refractivity contribution is 0.204. The van der Waals surface area contributed by atoms with E-state index in [-0.39, 0.29) is 0 Å². The van der Waals surface area contributed by atoms with Crippen molar-refractivity contribution in [3.05, 3.63) is 29.8 Å². The predicted octanol–water partition coefficient (Wildman–Crippen LogP) is 3.55. The van der Waals surface area contributed by atoms with Crippen LogP contribution in [0.1, 0.15) is 45.1 Å². The number of nitrogens with one attached hydrogen (secondary N) is 1. The van der Waals surface area contributed by atoms with Crippen molar-refractivity contribution >= 4 is 0 Å². The smallest absolute Gasteiger partial charge is 0.122 e. The number of para-hydroxylation sites is 1. The lowest BCUT2D eigenvalue weighted by Gasteiger charge is -2.17. The molecular weight excluding hydrogens is 222 g/mol. The second kappa shape index (κ2) is 6.79. The Morgan fingerprint density at radius 2 is 2.06 bits per heavy atom. The fraction of sp³-hybridized carbons (Fsp3) is 0.625. The van der Waals surface area contributed by atoms with Crippen LogP contribution in [0.15, 0.2) is 24.3 Å². The molecule has 0 spiro atoms. The maximum Gasteiger partial charge on any atom is 0.122 e. The lowest BCUT2D eigenvalue weighted by atomic mass is 10.1. The van der Waals surface area contributed by atoms with Gasteiger partial charge in [0.15, 0.2) is 0 Å². The van der Waals surface area contributed by atoms with E-state index in [0.717, 1.165) is 25.1 Å². The van der Waals surface area contributed by atoms with Crippen LogP contribution in [0.25, 0.3) is 0 Å². The summed E-state index contributed by atoms with van der Waals surface area (Å²) >= 11 is 0. The molecule has 100 valence electrons. The van der Waals surface area contributed by atoms with Gasteiger partial charge in [0.1, 0.15) is 11.9 Å². The van der Waals surface area contributed by atoms with Gasteiger partial charge in [-0.2, -0.15) is 0 Å². The van der Waals surface area contributed by atoms with Gasteiger partial charge in [-0.1, -0.05) is 32.0 Å². The summed E-state index contributed by atoms with van der Waals surface area (Å²) in [6, 6.07) is 9.08. The third-order valence-electron chi connectivity index (χ3n) is 3.71. The Morgan fingerprint density at radius 1 is 1.22 bits per heavy atom. The average molecular weight is 247 g/mol. The summed E-state index contributed by atoms with van der Waals surface area (Å²) in [7, 11) is 0. The number of aryl methyl sites for hydroxylation is 1. The molecule has 2 unspecified atom stereocenters. The number of hydrogen-bond acceptors (Lipinski definition) is 2. The molecule has 2 atom stereocenters. The highest BCUT2D eigenvalue weighted by Gasteiger charge is 2.25. The zero-order valence-corrected chi connectivity index (χ0v) is 11.6. The lowest BCUT2D eigenvalue weighted by Crippen LogP contribution is -2.28. The molecule has 0 aromatic heterocycles. The fourth-order valence-corrected chi connectivity index (χ4v) is 2.67. The molecule has 1 aromatic carbocycles. The quantitative estimate of drug-likeness (QED) is 0.830. The van der Waals surface area contributed by atoms with Crippen LogP contribution in [0, 0.1) is 0 Å². The molecule has 2 nitrogen and oxygen atoms in total. The molecule has 2 rings (SSSR count). The van der Waals surface area contributed by atoms with Crippen molar-refractivity contribution < 1.29 is 4.74 Å². The van der Waals surface area contributed by atoms with Gasteiger partial charge in [-0.3, -0.25) is 0 Å². The van der Waals surface area contributed by atoms with Gasteiger partial charge in [0.2, 0.25) is 0 Å². The molecule has 0 heterocycles. The minimum Gasteiger partial charge on any atom is -0.490 e. The summed E-state index contributed by atoms with van der Waals surface area (Å²) < 4.78 is 6.17. The van der Waals surface area contributed by atoms with Gasteiger partial charge in [0.25, 0.3) is 0 Å². The summed E-state index contributed by atoms with van der Waals surface area (Å²) in [5.74, 6) is 1.08.